The number of anilines is 1. The molecule has 0 aliphatic heterocycles. The molecular weight excluding hydrogens is 268 g/mol. The van der Waals surface area contributed by atoms with Crippen LogP contribution in [0.3, 0.4) is 0 Å². The molecule has 0 aromatic heterocycles. The molecule has 0 heterocycles. The van der Waals surface area contributed by atoms with E-state index in [1.54, 1.807) is 6.92 Å². The minimum Gasteiger partial charge on any atom is -0.477 e. The molecule has 0 saturated heterocycles. The minimum atomic E-state index is -3.68. The predicted octanol–water partition coefficient (Wildman–Crippen LogP) is 1.81. The van der Waals surface area contributed by atoms with Crippen molar-refractivity contribution in [3.05, 3.63) is 29.3 Å². The number of hydrogen-bond acceptors (Lipinski definition) is 3. The largest absolute Gasteiger partial charge is 0.477 e. The molecule has 8 heteroatoms. The number of aromatic carboxylic acids is 1. The van der Waals surface area contributed by atoms with Crippen molar-refractivity contribution in [3.8, 4) is 0 Å². The lowest BCUT2D eigenvalue weighted by Crippen LogP contribution is -2.17. The van der Waals surface area contributed by atoms with Gasteiger partial charge in [-0.05, 0) is 18.6 Å². The van der Waals surface area contributed by atoms with Crippen LogP contribution in [0.25, 0.3) is 0 Å². The second-order valence-electron chi connectivity index (χ2n) is 3.54. The number of sulfonamides is 1. The van der Waals surface area contributed by atoms with Crippen LogP contribution in [-0.4, -0.2) is 25.2 Å². The number of carboxylic acid groups (broad SMARTS) is 1. The molecule has 0 saturated carbocycles. The summed E-state index contributed by atoms with van der Waals surface area (Å²) in [5, 5.41) is 8.54. The quantitative estimate of drug-likeness (QED) is 0.861. The van der Waals surface area contributed by atoms with E-state index in [0.29, 0.717) is 18.6 Å². The van der Waals surface area contributed by atoms with Crippen LogP contribution in [-0.2, 0) is 10.0 Å². The van der Waals surface area contributed by atoms with Crippen molar-refractivity contribution in [3.63, 3.8) is 0 Å². The summed E-state index contributed by atoms with van der Waals surface area (Å²) in [7, 11) is -3.68. The third kappa shape index (κ3) is 3.39. The van der Waals surface area contributed by atoms with Crippen LogP contribution < -0.4 is 4.72 Å². The third-order valence-corrected chi connectivity index (χ3v) is 3.49. The Morgan fingerprint density at radius 2 is 1.83 bits per heavy atom. The average Bonchev–Trinajstić information content (AvgIpc) is 2.13. The molecule has 1 aromatic carbocycles. The van der Waals surface area contributed by atoms with E-state index in [9.17, 15) is 22.0 Å². The standard InChI is InChI=1S/C10H11F2NO4S/c1-2-3-18(16,17)13-6-4-7(11)9(10(14)15)8(12)5-6/h4-5,13H,2-3H2,1H3,(H,14,15). The van der Waals surface area contributed by atoms with Crippen LogP contribution in [0, 0.1) is 11.6 Å². The van der Waals surface area contributed by atoms with Crippen LogP contribution in [0.2, 0.25) is 0 Å². The van der Waals surface area contributed by atoms with Gasteiger partial charge in [0.25, 0.3) is 0 Å². The van der Waals surface area contributed by atoms with Crippen molar-refractivity contribution in [1.29, 1.82) is 0 Å². The van der Waals surface area contributed by atoms with Crippen LogP contribution in [0.15, 0.2) is 12.1 Å². The summed E-state index contributed by atoms with van der Waals surface area (Å²) in [6, 6.07) is 1.25. The van der Waals surface area contributed by atoms with E-state index >= 15 is 0 Å². The van der Waals surface area contributed by atoms with Crippen LogP contribution in [0.1, 0.15) is 23.7 Å². The zero-order valence-electron chi connectivity index (χ0n) is 9.41. The number of hydrogen-bond donors (Lipinski definition) is 2. The molecule has 0 bridgehead atoms. The number of nitrogens with one attached hydrogen (secondary N) is 1. The van der Waals surface area contributed by atoms with Gasteiger partial charge in [-0.1, -0.05) is 6.92 Å². The zero-order chi connectivity index (χ0) is 13.9. The lowest BCUT2D eigenvalue weighted by Gasteiger charge is -2.08. The molecule has 0 amide bonds. The van der Waals surface area contributed by atoms with Gasteiger partial charge in [-0.15, -0.1) is 0 Å². The molecular formula is C10H11F2NO4S. The Morgan fingerprint density at radius 3 is 2.22 bits per heavy atom. The van der Waals surface area contributed by atoms with E-state index in [1.807, 2.05) is 4.72 Å². The molecule has 1 aromatic rings. The van der Waals surface area contributed by atoms with Gasteiger partial charge in [-0.2, -0.15) is 0 Å². The second-order valence-corrected chi connectivity index (χ2v) is 5.38. The Bertz CT molecular complexity index is 548. The van der Waals surface area contributed by atoms with Gasteiger partial charge in [-0.25, -0.2) is 22.0 Å². The highest BCUT2D eigenvalue weighted by molar-refractivity contribution is 7.92. The molecule has 0 spiro atoms. The number of carbonyl (C=O) groups is 1. The maximum atomic E-state index is 13.3. The topological polar surface area (TPSA) is 83.5 Å². The fraction of sp³-hybridized carbons (Fsp3) is 0.300. The van der Waals surface area contributed by atoms with Gasteiger partial charge < -0.3 is 5.11 Å². The summed E-state index contributed by atoms with van der Waals surface area (Å²) >= 11 is 0. The monoisotopic (exact) mass is 279 g/mol. The van der Waals surface area contributed by atoms with E-state index in [0.717, 1.165) is 0 Å². The van der Waals surface area contributed by atoms with Gasteiger partial charge in [0.1, 0.15) is 17.2 Å². The van der Waals surface area contributed by atoms with E-state index in [2.05, 4.69) is 0 Å². The normalized spacial score (nSPS) is 11.3. The van der Waals surface area contributed by atoms with Crippen molar-refractivity contribution >= 4 is 21.7 Å². The number of halogens is 2. The Hall–Kier alpha value is -1.70. The van der Waals surface area contributed by atoms with Crippen LogP contribution >= 0.6 is 0 Å². The molecule has 5 nitrogen and oxygen atoms in total. The van der Waals surface area contributed by atoms with E-state index in [1.165, 1.54) is 0 Å². The van der Waals surface area contributed by atoms with Crippen LogP contribution in [0.4, 0.5) is 14.5 Å². The summed E-state index contributed by atoms with van der Waals surface area (Å²) in [5.41, 5.74) is -1.46. The highest BCUT2D eigenvalue weighted by Gasteiger charge is 2.19. The first-order valence-electron chi connectivity index (χ1n) is 4.99. The summed E-state index contributed by atoms with van der Waals surface area (Å²) < 4.78 is 51.2. The molecule has 0 radical (unpaired) electrons. The lowest BCUT2D eigenvalue weighted by molar-refractivity contribution is 0.0686. The first-order valence-corrected chi connectivity index (χ1v) is 6.65. The molecule has 0 aliphatic rings. The van der Waals surface area contributed by atoms with Crippen molar-refractivity contribution < 1.29 is 27.1 Å². The summed E-state index contributed by atoms with van der Waals surface area (Å²) in [6.45, 7) is 1.63. The summed E-state index contributed by atoms with van der Waals surface area (Å²) in [5.74, 6) is -4.63. The Morgan fingerprint density at radius 1 is 1.33 bits per heavy atom. The highest BCUT2D eigenvalue weighted by atomic mass is 32.2. The van der Waals surface area contributed by atoms with Gasteiger partial charge in [0.05, 0.1) is 11.4 Å². The summed E-state index contributed by atoms with van der Waals surface area (Å²) in [6.07, 6.45) is 0.341. The molecule has 2 N–H and O–H groups in total. The maximum Gasteiger partial charge on any atom is 0.341 e. The molecule has 1 rings (SSSR count). The SMILES string of the molecule is CCCS(=O)(=O)Nc1cc(F)c(C(=O)O)c(F)c1. The van der Waals surface area contributed by atoms with Crippen molar-refractivity contribution in [2.24, 2.45) is 0 Å². The van der Waals surface area contributed by atoms with Gasteiger partial charge in [0, 0.05) is 0 Å². The molecule has 18 heavy (non-hydrogen) atoms. The number of benzene rings is 1. The average molecular weight is 279 g/mol. The molecule has 0 aliphatic carbocycles. The Labute approximate surface area is 102 Å². The number of carboxylic acids is 1. The lowest BCUT2D eigenvalue weighted by atomic mass is 10.2. The smallest absolute Gasteiger partial charge is 0.341 e. The third-order valence-electron chi connectivity index (χ3n) is 2.00. The minimum absolute atomic E-state index is 0.197. The van der Waals surface area contributed by atoms with E-state index in [4.69, 9.17) is 5.11 Å². The Balaban J connectivity index is 3.12. The molecule has 0 fully saturated rings. The van der Waals surface area contributed by atoms with E-state index in [-0.39, 0.29) is 11.4 Å². The van der Waals surface area contributed by atoms with Crippen molar-refractivity contribution in [2.45, 2.75) is 13.3 Å². The first-order chi connectivity index (χ1) is 8.26. The fourth-order valence-electron chi connectivity index (χ4n) is 1.34. The fourth-order valence-corrected chi connectivity index (χ4v) is 2.45. The molecule has 0 unspecified atom stereocenters. The van der Waals surface area contributed by atoms with Gasteiger partial charge in [-0.3, -0.25) is 4.72 Å². The van der Waals surface area contributed by atoms with Gasteiger partial charge >= 0.3 is 5.97 Å². The van der Waals surface area contributed by atoms with E-state index < -0.39 is 33.2 Å². The highest BCUT2D eigenvalue weighted by Crippen LogP contribution is 2.20. The second kappa shape index (κ2) is 5.30. The van der Waals surface area contributed by atoms with Crippen molar-refractivity contribution in [2.75, 3.05) is 10.5 Å². The maximum absolute atomic E-state index is 13.3. The predicted molar refractivity (Wildman–Crippen MR) is 61.0 cm³/mol. The van der Waals surface area contributed by atoms with Gasteiger partial charge in [0.2, 0.25) is 10.0 Å². The van der Waals surface area contributed by atoms with Crippen molar-refractivity contribution in [1.82, 2.24) is 0 Å². The summed E-state index contributed by atoms with van der Waals surface area (Å²) in [4.78, 5) is 10.5. The van der Waals surface area contributed by atoms with Crippen LogP contribution in [0.5, 0.6) is 0 Å². The Kier molecular flexibility index (Phi) is 4.23. The zero-order valence-corrected chi connectivity index (χ0v) is 10.2. The van der Waals surface area contributed by atoms with Gasteiger partial charge in [0.15, 0.2) is 0 Å². The first kappa shape index (κ1) is 14.4. The molecule has 0 atom stereocenters. The molecule has 100 valence electrons. The number of rotatable bonds is 5.